The van der Waals surface area contributed by atoms with E-state index in [-0.39, 0.29) is 23.2 Å². The maximum atomic E-state index is 11.6. The Morgan fingerprint density at radius 1 is 1.44 bits per heavy atom. The molecule has 100 valence electrons. The predicted octanol–water partition coefficient (Wildman–Crippen LogP) is 2.44. The van der Waals surface area contributed by atoms with E-state index in [2.05, 4.69) is 19.1 Å². The molecule has 3 rings (SSSR count). The maximum Gasteiger partial charge on any atom is 0.309 e. The number of aliphatic hydroxyl groups is 1. The normalized spacial score (nSPS) is 47.8. The van der Waals surface area contributed by atoms with Gasteiger partial charge in [-0.3, -0.25) is 4.79 Å². The van der Waals surface area contributed by atoms with Crippen molar-refractivity contribution < 1.29 is 14.6 Å². The van der Waals surface area contributed by atoms with E-state index < -0.39 is 5.60 Å². The zero-order chi connectivity index (χ0) is 12.8. The fourth-order valence-electron chi connectivity index (χ4n) is 4.01. The second-order valence-corrected chi connectivity index (χ2v) is 6.48. The Balaban J connectivity index is 1.82. The SMILES string of the molecule is CC1([C@@]2(O)CC[C@H]3C(=O)OC[C@H]3C2)C=CCCC1. The van der Waals surface area contributed by atoms with Gasteiger partial charge in [-0.2, -0.15) is 0 Å². The first-order valence-corrected chi connectivity index (χ1v) is 7.11. The van der Waals surface area contributed by atoms with Crippen molar-refractivity contribution in [2.24, 2.45) is 17.3 Å². The molecule has 3 nitrogen and oxygen atoms in total. The molecule has 0 aromatic heterocycles. The first-order chi connectivity index (χ1) is 8.54. The van der Waals surface area contributed by atoms with Gasteiger partial charge in [0.25, 0.3) is 0 Å². The summed E-state index contributed by atoms with van der Waals surface area (Å²) in [6.07, 6.45) is 9.94. The highest BCUT2D eigenvalue weighted by Crippen LogP contribution is 2.52. The van der Waals surface area contributed by atoms with Crippen LogP contribution in [0.4, 0.5) is 0 Å². The van der Waals surface area contributed by atoms with Crippen LogP contribution in [-0.4, -0.2) is 23.3 Å². The molecular weight excluding hydrogens is 228 g/mol. The van der Waals surface area contributed by atoms with Crippen LogP contribution in [0.15, 0.2) is 12.2 Å². The number of allylic oxidation sites excluding steroid dienone is 1. The topological polar surface area (TPSA) is 46.5 Å². The third-order valence-electron chi connectivity index (χ3n) is 5.40. The van der Waals surface area contributed by atoms with Gasteiger partial charge in [0.1, 0.15) is 0 Å². The van der Waals surface area contributed by atoms with Gasteiger partial charge in [0.15, 0.2) is 0 Å². The second kappa shape index (κ2) is 4.09. The number of ether oxygens (including phenoxy) is 1. The van der Waals surface area contributed by atoms with E-state index in [1.54, 1.807) is 0 Å². The highest BCUT2D eigenvalue weighted by Gasteiger charge is 2.53. The van der Waals surface area contributed by atoms with Crippen molar-refractivity contribution in [3.63, 3.8) is 0 Å². The number of hydrogen-bond donors (Lipinski definition) is 1. The molecule has 2 aliphatic carbocycles. The molecule has 1 saturated carbocycles. The Kier molecular flexibility index (Phi) is 2.77. The van der Waals surface area contributed by atoms with Crippen LogP contribution in [0, 0.1) is 17.3 Å². The molecule has 0 bridgehead atoms. The van der Waals surface area contributed by atoms with Crippen LogP contribution in [-0.2, 0) is 9.53 Å². The van der Waals surface area contributed by atoms with Crippen LogP contribution in [0.25, 0.3) is 0 Å². The summed E-state index contributed by atoms with van der Waals surface area (Å²) in [5, 5.41) is 11.1. The third-order valence-corrected chi connectivity index (χ3v) is 5.40. The van der Waals surface area contributed by atoms with Gasteiger partial charge < -0.3 is 9.84 Å². The molecule has 1 heterocycles. The molecule has 0 aromatic rings. The van der Waals surface area contributed by atoms with Crippen molar-refractivity contribution in [1.29, 1.82) is 0 Å². The van der Waals surface area contributed by atoms with E-state index in [1.165, 1.54) is 0 Å². The van der Waals surface area contributed by atoms with Crippen LogP contribution in [0.1, 0.15) is 45.4 Å². The zero-order valence-corrected chi connectivity index (χ0v) is 11.0. The summed E-state index contributed by atoms with van der Waals surface area (Å²) in [5.74, 6) is 0.219. The van der Waals surface area contributed by atoms with Crippen LogP contribution < -0.4 is 0 Å². The number of carbonyl (C=O) groups is 1. The Bertz CT molecular complexity index is 389. The number of hydrogen-bond acceptors (Lipinski definition) is 3. The smallest absolute Gasteiger partial charge is 0.309 e. The molecule has 2 fully saturated rings. The van der Waals surface area contributed by atoms with Crippen LogP contribution >= 0.6 is 0 Å². The molecule has 18 heavy (non-hydrogen) atoms. The second-order valence-electron chi connectivity index (χ2n) is 6.48. The standard InChI is InChI=1S/C15H22O3/c1-14(6-3-2-4-7-14)15(17)8-5-12-11(9-15)10-18-13(12)16/h3,6,11-12,17H,2,4-5,7-10H2,1H3/t11-,12-,14?,15-/m1/s1. The van der Waals surface area contributed by atoms with E-state index in [9.17, 15) is 9.90 Å². The maximum absolute atomic E-state index is 11.6. The van der Waals surface area contributed by atoms with Crippen molar-refractivity contribution in [1.82, 2.24) is 0 Å². The van der Waals surface area contributed by atoms with Crippen molar-refractivity contribution >= 4 is 5.97 Å². The minimum absolute atomic E-state index is 0.0430. The monoisotopic (exact) mass is 250 g/mol. The summed E-state index contributed by atoms with van der Waals surface area (Å²) in [6.45, 7) is 2.67. The quantitative estimate of drug-likeness (QED) is 0.574. The Morgan fingerprint density at radius 3 is 3.00 bits per heavy atom. The largest absolute Gasteiger partial charge is 0.465 e. The molecule has 1 N–H and O–H groups in total. The van der Waals surface area contributed by atoms with Crippen LogP contribution in [0.5, 0.6) is 0 Å². The number of fused-ring (bicyclic) bond motifs is 1. The molecule has 0 amide bonds. The fourth-order valence-corrected chi connectivity index (χ4v) is 4.01. The van der Waals surface area contributed by atoms with E-state index in [0.717, 1.165) is 32.1 Å². The molecule has 0 aromatic carbocycles. The average Bonchev–Trinajstić information content (AvgIpc) is 2.71. The molecule has 1 unspecified atom stereocenters. The van der Waals surface area contributed by atoms with Crippen molar-refractivity contribution in [2.45, 2.75) is 51.0 Å². The number of carbonyl (C=O) groups excluding carboxylic acids is 1. The van der Waals surface area contributed by atoms with Gasteiger partial charge in [-0.15, -0.1) is 0 Å². The Hall–Kier alpha value is -0.830. The predicted molar refractivity (Wildman–Crippen MR) is 67.8 cm³/mol. The van der Waals surface area contributed by atoms with Gasteiger partial charge in [-0.05, 0) is 38.5 Å². The first kappa shape index (κ1) is 12.2. The summed E-state index contributed by atoms with van der Waals surface area (Å²) in [7, 11) is 0. The van der Waals surface area contributed by atoms with E-state index in [0.29, 0.717) is 13.0 Å². The van der Waals surface area contributed by atoms with Crippen molar-refractivity contribution in [2.75, 3.05) is 6.61 Å². The summed E-state index contributed by atoms with van der Waals surface area (Å²) in [4.78, 5) is 11.6. The van der Waals surface area contributed by atoms with Crippen molar-refractivity contribution in [3.8, 4) is 0 Å². The fraction of sp³-hybridized carbons (Fsp3) is 0.800. The first-order valence-electron chi connectivity index (χ1n) is 7.11. The van der Waals surface area contributed by atoms with E-state index in [4.69, 9.17) is 4.74 Å². The lowest BCUT2D eigenvalue weighted by Crippen LogP contribution is -2.51. The molecule has 0 radical (unpaired) electrons. The lowest BCUT2D eigenvalue weighted by atomic mass is 9.59. The summed E-state index contributed by atoms with van der Waals surface area (Å²) in [6, 6.07) is 0. The zero-order valence-electron chi connectivity index (χ0n) is 11.0. The van der Waals surface area contributed by atoms with Crippen LogP contribution in [0.3, 0.4) is 0 Å². The molecule has 1 aliphatic heterocycles. The average molecular weight is 250 g/mol. The Labute approximate surface area is 108 Å². The lowest BCUT2D eigenvalue weighted by molar-refractivity contribution is -0.143. The van der Waals surface area contributed by atoms with E-state index >= 15 is 0 Å². The molecule has 1 saturated heterocycles. The highest BCUT2D eigenvalue weighted by molar-refractivity contribution is 5.74. The molecule has 4 atom stereocenters. The van der Waals surface area contributed by atoms with Gasteiger partial charge in [0.05, 0.1) is 18.1 Å². The van der Waals surface area contributed by atoms with Gasteiger partial charge in [-0.1, -0.05) is 19.1 Å². The molecule has 3 heteroatoms. The van der Waals surface area contributed by atoms with Gasteiger partial charge in [0, 0.05) is 11.3 Å². The number of cyclic esters (lactones) is 1. The summed E-state index contributed by atoms with van der Waals surface area (Å²) in [5.41, 5.74) is -0.777. The van der Waals surface area contributed by atoms with E-state index in [1.807, 2.05) is 0 Å². The summed E-state index contributed by atoms with van der Waals surface area (Å²) >= 11 is 0. The van der Waals surface area contributed by atoms with Gasteiger partial charge in [0.2, 0.25) is 0 Å². The van der Waals surface area contributed by atoms with Crippen LogP contribution in [0.2, 0.25) is 0 Å². The molecule has 3 aliphatic rings. The minimum atomic E-state index is -0.654. The highest BCUT2D eigenvalue weighted by atomic mass is 16.5. The van der Waals surface area contributed by atoms with Gasteiger partial charge >= 0.3 is 5.97 Å². The lowest BCUT2D eigenvalue weighted by Gasteiger charge is -2.49. The van der Waals surface area contributed by atoms with Gasteiger partial charge in [-0.25, -0.2) is 0 Å². The third kappa shape index (κ3) is 1.71. The summed E-state index contributed by atoms with van der Waals surface area (Å²) < 4.78 is 5.15. The number of rotatable bonds is 1. The molecule has 0 spiro atoms. The van der Waals surface area contributed by atoms with Crippen molar-refractivity contribution in [3.05, 3.63) is 12.2 Å². The number of esters is 1. The minimum Gasteiger partial charge on any atom is -0.465 e. The molecular formula is C15H22O3. The Morgan fingerprint density at radius 2 is 2.28 bits per heavy atom.